The molecule has 130 valence electrons. The number of carbonyl (C=O) groups is 2. The van der Waals surface area contributed by atoms with Gasteiger partial charge in [0.15, 0.2) is 11.5 Å². The van der Waals surface area contributed by atoms with Crippen LogP contribution in [0, 0.1) is 0 Å². The number of fused-ring (bicyclic) bond motifs is 1. The van der Waals surface area contributed by atoms with Gasteiger partial charge in [0.2, 0.25) is 6.41 Å². The number of anilines is 2. The molecule has 6 nitrogen and oxygen atoms in total. The predicted molar refractivity (Wildman–Crippen MR) is 95.5 cm³/mol. The molecule has 2 aromatic carbocycles. The van der Waals surface area contributed by atoms with Crippen molar-refractivity contribution in [3.63, 3.8) is 0 Å². The zero-order valence-electron chi connectivity index (χ0n) is 14.2. The van der Waals surface area contributed by atoms with Gasteiger partial charge in [0.25, 0.3) is 0 Å². The highest BCUT2D eigenvalue weighted by Gasteiger charge is 2.19. The first-order valence-electron chi connectivity index (χ1n) is 8.13. The van der Waals surface area contributed by atoms with Gasteiger partial charge in [-0.2, -0.15) is 0 Å². The van der Waals surface area contributed by atoms with Gasteiger partial charge in [-0.05, 0) is 35.7 Å². The Balaban J connectivity index is 1.80. The van der Waals surface area contributed by atoms with Crippen molar-refractivity contribution < 1.29 is 19.1 Å². The summed E-state index contributed by atoms with van der Waals surface area (Å²) >= 11 is 0. The number of rotatable bonds is 4. The second-order valence-electron chi connectivity index (χ2n) is 6.01. The van der Waals surface area contributed by atoms with Gasteiger partial charge in [0, 0.05) is 11.8 Å². The first-order chi connectivity index (χ1) is 12.1. The lowest BCUT2D eigenvalue weighted by Crippen LogP contribution is -2.33. The molecule has 0 aliphatic carbocycles. The molecular formula is C19H20N2O4. The standard InChI is InChI=1S/C19H20N2O4/c1-13(2)14-4-3-5-15(10-14)20-19(23)21(12-22)16-6-7-17-18(11-16)25-9-8-24-17/h3-7,10-13H,8-9H2,1-2H3,(H,20,23). The van der Waals surface area contributed by atoms with Crippen molar-refractivity contribution in [2.24, 2.45) is 0 Å². The number of imide groups is 1. The van der Waals surface area contributed by atoms with Gasteiger partial charge in [-0.1, -0.05) is 26.0 Å². The largest absolute Gasteiger partial charge is 0.486 e. The van der Waals surface area contributed by atoms with Crippen LogP contribution in [0.1, 0.15) is 25.3 Å². The van der Waals surface area contributed by atoms with Crippen LogP contribution < -0.4 is 19.7 Å². The maximum absolute atomic E-state index is 12.5. The Morgan fingerprint density at radius 2 is 1.88 bits per heavy atom. The molecule has 0 aromatic heterocycles. The van der Waals surface area contributed by atoms with E-state index in [0.29, 0.717) is 48.4 Å². The molecule has 2 aromatic rings. The molecule has 0 radical (unpaired) electrons. The van der Waals surface area contributed by atoms with E-state index in [9.17, 15) is 9.59 Å². The van der Waals surface area contributed by atoms with Crippen LogP contribution in [0.2, 0.25) is 0 Å². The van der Waals surface area contributed by atoms with E-state index in [1.54, 1.807) is 24.3 Å². The first kappa shape index (κ1) is 16.8. The summed E-state index contributed by atoms with van der Waals surface area (Å²) in [7, 11) is 0. The summed E-state index contributed by atoms with van der Waals surface area (Å²) in [5.74, 6) is 1.47. The van der Waals surface area contributed by atoms with Crippen LogP contribution in [0.25, 0.3) is 0 Å². The highest BCUT2D eigenvalue weighted by atomic mass is 16.6. The molecule has 0 spiro atoms. The Hall–Kier alpha value is -3.02. The molecule has 0 saturated heterocycles. The molecule has 0 atom stereocenters. The summed E-state index contributed by atoms with van der Waals surface area (Å²) in [6.07, 6.45) is 0.479. The van der Waals surface area contributed by atoms with Crippen LogP contribution in [0.4, 0.5) is 16.2 Å². The topological polar surface area (TPSA) is 67.9 Å². The molecule has 6 heteroatoms. The van der Waals surface area contributed by atoms with Gasteiger partial charge in [-0.15, -0.1) is 0 Å². The number of nitrogens with zero attached hydrogens (tertiary/aromatic N) is 1. The summed E-state index contributed by atoms with van der Waals surface area (Å²) < 4.78 is 11.0. The lowest BCUT2D eigenvalue weighted by atomic mass is 10.0. The van der Waals surface area contributed by atoms with Crippen molar-refractivity contribution in [2.45, 2.75) is 19.8 Å². The van der Waals surface area contributed by atoms with Crippen molar-refractivity contribution in [3.05, 3.63) is 48.0 Å². The Morgan fingerprint density at radius 3 is 2.60 bits per heavy atom. The number of ether oxygens (including phenoxy) is 2. The molecule has 1 heterocycles. The summed E-state index contributed by atoms with van der Waals surface area (Å²) in [5.41, 5.74) is 2.16. The lowest BCUT2D eigenvalue weighted by Gasteiger charge is -2.22. The summed E-state index contributed by atoms with van der Waals surface area (Å²) in [5, 5.41) is 2.75. The third-order valence-electron chi connectivity index (χ3n) is 3.93. The molecular weight excluding hydrogens is 320 g/mol. The van der Waals surface area contributed by atoms with Crippen LogP contribution >= 0.6 is 0 Å². The average Bonchev–Trinajstić information content (AvgIpc) is 2.62. The van der Waals surface area contributed by atoms with Crippen LogP contribution in [0.3, 0.4) is 0 Å². The summed E-state index contributed by atoms with van der Waals surface area (Å²) in [6.45, 7) is 5.07. The van der Waals surface area contributed by atoms with Crippen molar-refractivity contribution in [1.29, 1.82) is 0 Å². The smallest absolute Gasteiger partial charge is 0.332 e. The van der Waals surface area contributed by atoms with E-state index in [2.05, 4.69) is 19.2 Å². The Morgan fingerprint density at radius 1 is 1.12 bits per heavy atom. The molecule has 1 aliphatic rings. The molecule has 3 rings (SSSR count). The zero-order chi connectivity index (χ0) is 17.8. The fraction of sp³-hybridized carbons (Fsp3) is 0.263. The van der Waals surface area contributed by atoms with Crippen molar-refractivity contribution in [3.8, 4) is 11.5 Å². The molecule has 1 aliphatic heterocycles. The minimum Gasteiger partial charge on any atom is -0.486 e. The summed E-state index contributed by atoms with van der Waals surface area (Å²) in [4.78, 5) is 25.0. The van der Waals surface area contributed by atoms with E-state index in [1.807, 2.05) is 18.2 Å². The SMILES string of the molecule is CC(C)c1cccc(NC(=O)N(C=O)c2ccc3c(c2)OCCO3)c1. The second kappa shape index (κ2) is 7.25. The molecule has 0 fully saturated rings. The highest BCUT2D eigenvalue weighted by molar-refractivity contribution is 6.12. The van der Waals surface area contributed by atoms with Gasteiger partial charge in [-0.25, -0.2) is 9.69 Å². The minimum atomic E-state index is -0.535. The number of hydrogen-bond acceptors (Lipinski definition) is 4. The molecule has 1 N–H and O–H groups in total. The second-order valence-corrected chi connectivity index (χ2v) is 6.01. The number of benzene rings is 2. The fourth-order valence-electron chi connectivity index (χ4n) is 2.57. The van der Waals surface area contributed by atoms with Crippen molar-refractivity contribution in [1.82, 2.24) is 0 Å². The average molecular weight is 340 g/mol. The van der Waals surface area contributed by atoms with E-state index in [4.69, 9.17) is 9.47 Å². The number of urea groups is 1. The Labute approximate surface area is 146 Å². The van der Waals surface area contributed by atoms with E-state index in [0.717, 1.165) is 10.5 Å². The number of hydrogen-bond donors (Lipinski definition) is 1. The van der Waals surface area contributed by atoms with Crippen LogP contribution in [-0.2, 0) is 4.79 Å². The summed E-state index contributed by atoms with van der Waals surface area (Å²) in [6, 6.07) is 12.0. The fourth-order valence-corrected chi connectivity index (χ4v) is 2.57. The normalized spacial score (nSPS) is 12.6. The number of amides is 3. The van der Waals surface area contributed by atoms with Crippen molar-refractivity contribution in [2.75, 3.05) is 23.4 Å². The molecule has 3 amide bonds. The molecule has 25 heavy (non-hydrogen) atoms. The molecule has 0 bridgehead atoms. The Bertz CT molecular complexity index is 789. The predicted octanol–water partition coefficient (Wildman–Crippen LogP) is 3.78. The monoisotopic (exact) mass is 340 g/mol. The van der Waals surface area contributed by atoms with E-state index in [-0.39, 0.29) is 0 Å². The molecule has 0 saturated carbocycles. The van der Waals surface area contributed by atoms with E-state index in [1.165, 1.54) is 0 Å². The minimum absolute atomic E-state index is 0.344. The first-order valence-corrected chi connectivity index (χ1v) is 8.13. The van der Waals surface area contributed by atoms with Crippen LogP contribution in [0.15, 0.2) is 42.5 Å². The number of carbonyl (C=O) groups excluding carboxylic acids is 2. The number of nitrogens with one attached hydrogen (secondary N) is 1. The highest BCUT2D eigenvalue weighted by Crippen LogP contribution is 2.34. The van der Waals surface area contributed by atoms with Crippen LogP contribution in [-0.4, -0.2) is 25.7 Å². The van der Waals surface area contributed by atoms with E-state index >= 15 is 0 Å². The maximum Gasteiger partial charge on any atom is 0.332 e. The third kappa shape index (κ3) is 3.74. The third-order valence-corrected chi connectivity index (χ3v) is 3.93. The van der Waals surface area contributed by atoms with Gasteiger partial charge in [0.1, 0.15) is 13.2 Å². The van der Waals surface area contributed by atoms with Gasteiger partial charge in [-0.3, -0.25) is 4.79 Å². The Kier molecular flexibility index (Phi) is 4.88. The van der Waals surface area contributed by atoms with Gasteiger partial charge < -0.3 is 14.8 Å². The van der Waals surface area contributed by atoms with Crippen molar-refractivity contribution >= 4 is 23.8 Å². The van der Waals surface area contributed by atoms with Gasteiger partial charge >= 0.3 is 6.03 Å². The van der Waals surface area contributed by atoms with E-state index < -0.39 is 6.03 Å². The quantitative estimate of drug-likeness (QED) is 0.860. The molecule has 0 unspecified atom stereocenters. The maximum atomic E-state index is 12.5. The lowest BCUT2D eigenvalue weighted by molar-refractivity contribution is -0.106. The van der Waals surface area contributed by atoms with Crippen LogP contribution in [0.5, 0.6) is 11.5 Å². The zero-order valence-corrected chi connectivity index (χ0v) is 14.2. The van der Waals surface area contributed by atoms with Gasteiger partial charge in [0.05, 0.1) is 5.69 Å².